The molecule has 8 rings (SSSR count). The van der Waals surface area contributed by atoms with E-state index in [-0.39, 0.29) is 47.7 Å². The summed E-state index contributed by atoms with van der Waals surface area (Å²) >= 11 is 0. The van der Waals surface area contributed by atoms with Crippen LogP contribution in [0.4, 0.5) is 0 Å². The van der Waals surface area contributed by atoms with Crippen molar-refractivity contribution in [3.63, 3.8) is 0 Å². The number of methoxy groups -OCH3 is 1. The van der Waals surface area contributed by atoms with Crippen molar-refractivity contribution >= 4 is 22.8 Å². The number of rotatable bonds is 15. The number of carbonyl (C=O) groups is 2. The van der Waals surface area contributed by atoms with E-state index in [0.29, 0.717) is 65.9 Å². The van der Waals surface area contributed by atoms with E-state index in [1.165, 1.54) is 17.7 Å². The predicted octanol–water partition coefficient (Wildman–Crippen LogP) is 6.78. The number of carbonyl (C=O) groups excluding carboxylic acids is 2. The van der Waals surface area contributed by atoms with Crippen molar-refractivity contribution < 1.29 is 34.4 Å². The third kappa shape index (κ3) is 9.90. The highest BCUT2D eigenvalue weighted by Gasteiger charge is 2.42. The van der Waals surface area contributed by atoms with E-state index >= 15 is 0 Å². The Morgan fingerprint density at radius 3 is 2.28 bits per heavy atom. The number of aromatic amines is 1. The van der Waals surface area contributed by atoms with Crippen LogP contribution in [0.25, 0.3) is 10.9 Å². The number of fused-ring (bicyclic) bond motifs is 1. The average molecular weight is 865 g/mol. The van der Waals surface area contributed by atoms with Gasteiger partial charge in [-0.15, -0.1) is 0 Å². The van der Waals surface area contributed by atoms with Gasteiger partial charge in [-0.2, -0.15) is 0 Å². The smallest absolute Gasteiger partial charge is 0.347 e. The Hall–Kier alpha value is -6.31. The fraction of sp³-hybridized carbons (Fsp3) is 0.327. The summed E-state index contributed by atoms with van der Waals surface area (Å²) in [6.45, 7) is 4.61. The van der Waals surface area contributed by atoms with Crippen molar-refractivity contribution in [2.45, 2.75) is 56.4 Å². The first-order valence-electron chi connectivity index (χ1n) is 22.1. The molecule has 0 radical (unpaired) electrons. The summed E-state index contributed by atoms with van der Waals surface area (Å²) in [6.07, 6.45) is 2.32. The fourth-order valence-electron chi connectivity index (χ4n) is 9.18. The third-order valence-electron chi connectivity index (χ3n) is 12.9. The maximum absolute atomic E-state index is 14.0. The van der Waals surface area contributed by atoms with E-state index in [1.54, 1.807) is 49.6 Å². The average Bonchev–Trinajstić information content (AvgIpc) is 3.34. The van der Waals surface area contributed by atoms with E-state index < -0.39 is 17.7 Å². The van der Waals surface area contributed by atoms with Gasteiger partial charge in [0.2, 0.25) is 11.2 Å². The number of amides is 1. The largest absolute Gasteiger partial charge is 0.506 e. The summed E-state index contributed by atoms with van der Waals surface area (Å²) in [7, 11) is 1.56. The summed E-state index contributed by atoms with van der Waals surface area (Å²) in [6, 6.07) is 38.4. The molecule has 1 amide bonds. The lowest BCUT2D eigenvalue weighted by Gasteiger charge is -2.34. The number of hydrogen-bond donors (Lipinski definition) is 5. The van der Waals surface area contributed by atoms with E-state index in [1.807, 2.05) is 53.4 Å². The zero-order chi connectivity index (χ0) is 44.6. The van der Waals surface area contributed by atoms with Crippen LogP contribution in [-0.2, 0) is 28.2 Å². The molecule has 5 N–H and O–H groups in total. The lowest BCUT2D eigenvalue weighted by Crippen LogP contribution is -2.41. The number of likely N-dealkylation sites (tertiary alicyclic amines) is 2. The number of nitrogens with zero attached hydrogens (tertiary/aromatic N) is 2. The number of ether oxygens (including phenoxy) is 2. The second kappa shape index (κ2) is 20.0. The molecule has 0 saturated carbocycles. The number of phenols is 1. The minimum atomic E-state index is -1.99. The van der Waals surface area contributed by atoms with Crippen LogP contribution in [0.2, 0.25) is 0 Å². The van der Waals surface area contributed by atoms with Gasteiger partial charge in [0.1, 0.15) is 11.5 Å². The number of aliphatic hydroxyl groups is 2. The molecular formula is C52H56N4O8. The van der Waals surface area contributed by atoms with Crippen LogP contribution < -0.4 is 15.6 Å². The molecule has 0 bridgehead atoms. The molecule has 0 spiro atoms. The second-order valence-electron chi connectivity index (χ2n) is 17.0. The molecule has 12 nitrogen and oxygen atoms in total. The van der Waals surface area contributed by atoms with Crippen LogP contribution in [0.15, 0.2) is 132 Å². The van der Waals surface area contributed by atoms with E-state index in [0.717, 1.165) is 43.6 Å². The molecule has 2 saturated heterocycles. The van der Waals surface area contributed by atoms with Crippen LogP contribution in [0.1, 0.15) is 81.4 Å². The Kier molecular flexibility index (Phi) is 13.9. The summed E-state index contributed by atoms with van der Waals surface area (Å²) in [5.74, 6) is 0.0199. The SMILES string of the molecule is COc1cc(C(=O)N2CCC(c3cccc(C(O)(C(=O)OCC4CCN(Cc5ccccc5)CC4)c4ccccc4)c3)CC2)ccc1CNCC(O)c1ccc(O)c2[nH]c(=O)ccc12. The summed E-state index contributed by atoms with van der Waals surface area (Å²) in [4.78, 5) is 46.6. The molecule has 2 atom stereocenters. The number of aromatic hydroxyl groups is 1. The van der Waals surface area contributed by atoms with E-state index in [4.69, 9.17) is 9.47 Å². The van der Waals surface area contributed by atoms with Crippen molar-refractivity contribution in [1.82, 2.24) is 20.1 Å². The van der Waals surface area contributed by atoms with Gasteiger partial charge in [0.05, 0.1) is 25.3 Å². The molecule has 12 heteroatoms. The number of benzene rings is 5. The number of piperidine rings is 2. The highest BCUT2D eigenvalue weighted by atomic mass is 16.5. The van der Waals surface area contributed by atoms with Crippen LogP contribution in [-0.4, -0.2) is 88.4 Å². The number of aromatic nitrogens is 1. The molecular weight excluding hydrogens is 809 g/mol. The Morgan fingerprint density at radius 1 is 0.828 bits per heavy atom. The van der Waals surface area contributed by atoms with Crippen LogP contribution in [0, 0.1) is 5.92 Å². The second-order valence-corrected chi connectivity index (χ2v) is 17.0. The van der Waals surface area contributed by atoms with Gasteiger partial charge in [0, 0.05) is 55.3 Å². The Labute approximate surface area is 373 Å². The number of hydrogen-bond acceptors (Lipinski definition) is 10. The standard InChI is InChI=1S/C52H56N4O8/c1-63-47-30-39(15-16-40(47)31-53-32-46(58)43-17-19-45(57)49-44(43)18-20-48(59)54-49)50(60)56-27-23-37(24-28-56)38-11-8-14-42(29-38)52(62,41-12-6-3-7-13-41)51(61)64-34-36-21-25-55(26-22-36)33-35-9-4-2-5-10-35/h2-20,29-30,36-37,46,53,57-58,62H,21-28,31-34H2,1H3,(H,54,59). The molecule has 0 aliphatic carbocycles. The minimum absolute atomic E-state index is 0.0733. The van der Waals surface area contributed by atoms with Gasteiger partial charge >= 0.3 is 5.97 Å². The van der Waals surface area contributed by atoms with Crippen molar-refractivity contribution in [2.24, 2.45) is 5.92 Å². The molecule has 1 aromatic heterocycles. The van der Waals surface area contributed by atoms with Crippen molar-refractivity contribution in [1.29, 1.82) is 0 Å². The van der Waals surface area contributed by atoms with Gasteiger partial charge < -0.3 is 40.0 Å². The highest BCUT2D eigenvalue weighted by Crippen LogP contribution is 2.36. The molecule has 6 aromatic rings. The zero-order valence-electron chi connectivity index (χ0n) is 36.1. The van der Waals surface area contributed by atoms with Gasteiger partial charge in [0.15, 0.2) is 0 Å². The summed E-state index contributed by atoms with van der Waals surface area (Å²) in [5, 5.41) is 37.4. The maximum atomic E-state index is 14.0. The molecule has 5 aromatic carbocycles. The van der Waals surface area contributed by atoms with Gasteiger partial charge in [-0.25, -0.2) is 4.79 Å². The van der Waals surface area contributed by atoms with E-state index in [9.17, 15) is 29.7 Å². The van der Waals surface area contributed by atoms with Gasteiger partial charge in [0.25, 0.3) is 5.91 Å². The predicted molar refractivity (Wildman–Crippen MR) is 245 cm³/mol. The molecule has 2 aliphatic rings. The highest BCUT2D eigenvalue weighted by molar-refractivity contribution is 5.95. The van der Waals surface area contributed by atoms with Gasteiger partial charge in [-0.1, -0.05) is 97.1 Å². The quantitative estimate of drug-likeness (QED) is 0.0696. The van der Waals surface area contributed by atoms with Gasteiger partial charge in [-0.3, -0.25) is 14.5 Å². The lowest BCUT2D eigenvalue weighted by molar-refractivity contribution is -0.164. The van der Waals surface area contributed by atoms with Crippen molar-refractivity contribution in [2.75, 3.05) is 46.4 Å². The fourth-order valence-corrected chi connectivity index (χ4v) is 9.18. The number of aliphatic hydroxyl groups excluding tert-OH is 1. The van der Waals surface area contributed by atoms with E-state index in [2.05, 4.69) is 39.5 Å². The summed E-state index contributed by atoms with van der Waals surface area (Å²) < 4.78 is 11.7. The van der Waals surface area contributed by atoms with Crippen LogP contribution >= 0.6 is 0 Å². The Morgan fingerprint density at radius 2 is 1.55 bits per heavy atom. The van der Waals surface area contributed by atoms with Crippen LogP contribution in [0.5, 0.6) is 11.5 Å². The number of esters is 1. The normalized spacial score (nSPS) is 16.6. The molecule has 2 aliphatic heterocycles. The Bertz CT molecular complexity index is 2600. The molecule has 2 fully saturated rings. The van der Waals surface area contributed by atoms with Crippen molar-refractivity contribution in [3.8, 4) is 11.5 Å². The molecule has 2 unspecified atom stereocenters. The monoisotopic (exact) mass is 864 g/mol. The van der Waals surface area contributed by atoms with Crippen molar-refractivity contribution in [3.05, 3.63) is 177 Å². The Balaban J connectivity index is 0.867. The first-order chi connectivity index (χ1) is 31.1. The molecule has 64 heavy (non-hydrogen) atoms. The molecule has 3 heterocycles. The van der Waals surface area contributed by atoms with Crippen LogP contribution in [0.3, 0.4) is 0 Å². The first kappa shape index (κ1) is 44.3. The van der Waals surface area contributed by atoms with Gasteiger partial charge in [-0.05, 0) is 103 Å². The number of pyridine rings is 1. The maximum Gasteiger partial charge on any atom is 0.347 e. The summed E-state index contributed by atoms with van der Waals surface area (Å²) in [5.41, 5.74) is 3.00. The topological polar surface area (TPSA) is 165 Å². The minimum Gasteiger partial charge on any atom is -0.506 e. The molecule has 332 valence electrons. The third-order valence-corrected chi connectivity index (χ3v) is 12.9. The number of phenolic OH excluding ortho intramolecular Hbond substituents is 1. The lowest BCUT2D eigenvalue weighted by atomic mass is 9.82. The number of H-pyrrole nitrogens is 1. The zero-order valence-corrected chi connectivity index (χ0v) is 36.1. The number of nitrogens with one attached hydrogen (secondary N) is 2. The first-order valence-corrected chi connectivity index (χ1v) is 22.1.